The van der Waals surface area contributed by atoms with Crippen LogP contribution in [0.1, 0.15) is 27.0 Å². The lowest BCUT2D eigenvalue weighted by molar-refractivity contribution is 0.0141. The first-order chi connectivity index (χ1) is 35.5. The van der Waals surface area contributed by atoms with Gasteiger partial charge in [0.05, 0.1) is 11.1 Å². The number of hydrogen-bond donors (Lipinski definition) is 0. The summed E-state index contributed by atoms with van der Waals surface area (Å²) in [6.07, 6.45) is 0. The quantitative estimate of drug-likeness (QED) is 0.0401. The SMILES string of the molecule is O=C(OC(c1ccccc1)(c1ccccc1)c1ccccc1)c1cc(Oc2c(F)c(F)c(F)c(F)c2F)c(Oc2c(F)c(F)c(F)c(F)c2F)c(Oc2c(F)c(F)c(F)c(F)c2F)c1-c1c(F)c(F)c(F)c(F)c1F. The smallest absolute Gasteiger partial charge is 0.340 e. The zero-order chi connectivity index (χ0) is 54.7. The third-order valence-corrected chi connectivity index (χ3v) is 10.8. The predicted molar refractivity (Wildman–Crippen MR) is 215 cm³/mol. The molecule has 0 spiro atoms. The molecule has 0 unspecified atom stereocenters. The molecule has 0 radical (unpaired) electrons. The largest absolute Gasteiger partial charge is 0.447 e. The summed E-state index contributed by atoms with van der Waals surface area (Å²) in [4.78, 5) is 15.3. The first-order valence-corrected chi connectivity index (χ1v) is 20.2. The fourth-order valence-corrected chi connectivity index (χ4v) is 7.35. The first kappa shape index (κ1) is 52.5. The molecule has 0 aliphatic rings. The Morgan fingerprint density at radius 3 is 0.880 bits per heavy atom. The lowest BCUT2D eigenvalue weighted by Crippen LogP contribution is -2.35. The standard InChI is InChI=1S/C50H16F20O5/c51-24-23(25(52)27(54)28(55)26(24)53)22-20(49(71)75-50(17-10-4-1-5-11-17,18-12-6-2-7-13-18)19-14-8-3-9-15-19)16-21(72-46-38(65)32(59)29(56)33(60)39(46)66)44(73-47-40(67)34(61)30(57)35(62)41(47)68)45(22)74-48-42(69)36(63)31(58)37(64)43(48)70/h1-16H. The summed E-state index contributed by atoms with van der Waals surface area (Å²) in [6, 6.07) is 19.2. The molecule has 0 N–H and O–H groups in total. The molecule has 0 amide bonds. The van der Waals surface area contributed by atoms with E-state index >= 15 is 48.7 Å². The van der Waals surface area contributed by atoms with Gasteiger partial charge in [-0.05, 0) is 0 Å². The van der Waals surface area contributed by atoms with Gasteiger partial charge in [0.2, 0.25) is 116 Å². The van der Waals surface area contributed by atoms with E-state index < -0.39 is 179 Å². The Morgan fingerprint density at radius 1 is 0.293 bits per heavy atom. The highest BCUT2D eigenvalue weighted by molar-refractivity contribution is 6.02. The molecule has 8 rings (SSSR count). The maximum absolute atomic E-state index is 16.4. The van der Waals surface area contributed by atoms with E-state index in [1.807, 2.05) is 0 Å². The highest BCUT2D eigenvalue weighted by Crippen LogP contribution is 2.56. The molecule has 0 aliphatic carbocycles. The number of benzene rings is 8. The fraction of sp³-hybridized carbons (Fsp3) is 0.0200. The van der Waals surface area contributed by atoms with E-state index in [-0.39, 0.29) is 22.8 Å². The van der Waals surface area contributed by atoms with E-state index in [0.717, 1.165) is 0 Å². The summed E-state index contributed by atoms with van der Waals surface area (Å²) in [5, 5.41) is 0. The summed E-state index contributed by atoms with van der Waals surface area (Å²) in [6.45, 7) is 0. The van der Waals surface area contributed by atoms with Crippen molar-refractivity contribution in [3.05, 3.63) is 236 Å². The van der Waals surface area contributed by atoms with Gasteiger partial charge in [-0.25, -0.2) is 66.3 Å². The zero-order valence-electron chi connectivity index (χ0n) is 35.8. The van der Waals surface area contributed by atoms with Crippen LogP contribution >= 0.6 is 0 Å². The molecule has 0 aromatic heterocycles. The molecule has 8 aromatic carbocycles. The Labute approximate surface area is 403 Å². The van der Waals surface area contributed by atoms with Crippen molar-refractivity contribution in [2.45, 2.75) is 5.60 Å². The van der Waals surface area contributed by atoms with Crippen LogP contribution < -0.4 is 14.2 Å². The Kier molecular flexibility index (Phi) is 14.0. The molecule has 0 saturated heterocycles. The second-order valence-electron chi connectivity index (χ2n) is 15.1. The van der Waals surface area contributed by atoms with Gasteiger partial charge in [0, 0.05) is 28.3 Å². The van der Waals surface area contributed by atoms with Crippen LogP contribution in [-0.4, -0.2) is 5.97 Å². The minimum Gasteiger partial charge on any atom is -0.447 e. The molecule has 5 nitrogen and oxygen atoms in total. The van der Waals surface area contributed by atoms with Gasteiger partial charge in [0.25, 0.3) is 0 Å². The van der Waals surface area contributed by atoms with Crippen molar-refractivity contribution in [3.63, 3.8) is 0 Å². The number of carbonyl (C=O) groups excluding carboxylic acids is 1. The highest BCUT2D eigenvalue weighted by atomic mass is 19.2. The van der Waals surface area contributed by atoms with Crippen LogP contribution in [0.15, 0.2) is 97.1 Å². The van der Waals surface area contributed by atoms with Crippen LogP contribution in [0.3, 0.4) is 0 Å². The second kappa shape index (κ2) is 19.9. The van der Waals surface area contributed by atoms with Crippen molar-refractivity contribution in [1.29, 1.82) is 0 Å². The maximum Gasteiger partial charge on any atom is 0.340 e. The molecule has 0 bridgehead atoms. The normalized spacial score (nSPS) is 11.5. The molecule has 25 heteroatoms. The molecule has 0 saturated carbocycles. The van der Waals surface area contributed by atoms with Crippen molar-refractivity contribution in [1.82, 2.24) is 0 Å². The first-order valence-electron chi connectivity index (χ1n) is 20.2. The van der Waals surface area contributed by atoms with E-state index in [1.54, 1.807) is 0 Å². The summed E-state index contributed by atoms with van der Waals surface area (Å²) in [5.41, 5.74) is -10.1. The van der Waals surface area contributed by atoms with Crippen LogP contribution in [-0.2, 0) is 10.3 Å². The highest BCUT2D eigenvalue weighted by Gasteiger charge is 2.45. The van der Waals surface area contributed by atoms with Gasteiger partial charge in [0.15, 0.2) is 40.4 Å². The van der Waals surface area contributed by atoms with Gasteiger partial charge in [-0.15, -0.1) is 0 Å². The van der Waals surface area contributed by atoms with E-state index in [2.05, 4.69) is 0 Å². The minimum atomic E-state index is -3.14. The van der Waals surface area contributed by atoms with Crippen LogP contribution in [0.5, 0.6) is 34.5 Å². The Bertz CT molecular complexity index is 3430. The average Bonchev–Trinajstić information content (AvgIpc) is 3.42. The molecular weight excluding hydrogens is 1060 g/mol. The topological polar surface area (TPSA) is 54.0 Å². The monoisotopic (exact) mass is 1080 g/mol. The zero-order valence-corrected chi connectivity index (χ0v) is 35.8. The summed E-state index contributed by atoms with van der Waals surface area (Å²) in [7, 11) is 0. The van der Waals surface area contributed by atoms with Crippen LogP contribution in [0.4, 0.5) is 87.8 Å². The van der Waals surface area contributed by atoms with E-state index in [9.17, 15) is 43.9 Å². The maximum atomic E-state index is 16.4. The Morgan fingerprint density at radius 2 is 0.560 bits per heavy atom. The van der Waals surface area contributed by atoms with Crippen molar-refractivity contribution < 1.29 is 112 Å². The molecule has 8 aromatic rings. The number of halogens is 20. The average molecular weight is 1080 g/mol. The van der Waals surface area contributed by atoms with Gasteiger partial charge in [-0.3, -0.25) is 0 Å². The van der Waals surface area contributed by atoms with E-state index in [0.29, 0.717) is 0 Å². The molecule has 0 heterocycles. The van der Waals surface area contributed by atoms with Gasteiger partial charge >= 0.3 is 5.97 Å². The number of rotatable bonds is 12. The molecule has 0 fully saturated rings. The minimum absolute atomic E-state index is 0.143. The molecular formula is C50H16F20O5. The van der Waals surface area contributed by atoms with Gasteiger partial charge in [-0.2, -0.15) is 26.3 Å². The summed E-state index contributed by atoms with van der Waals surface area (Å²) < 4.78 is 325. The number of esters is 1. The lowest BCUT2D eigenvalue weighted by Gasteiger charge is -2.35. The Hall–Kier alpha value is -8.77. The lowest BCUT2D eigenvalue weighted by atomic mass is 9.80. The predicted octanol–water partition coefficient (Wildman–Crippen LogP) is 15.7. The number of hydrogen-bond acceptors (Lipinski definition) is 5. The molecule has 0 atom stereocenters. The van der Waals surface area contributed by atoms with Crippen molar-refractivity contribution in [3.8, 4) is 45.6 Å². The van der Waals surface area contributed by atoms with Crippen molar-refractivity contribution >= 4 is 5.97 Å². The fourth-order valence-electron chi connectivity index (χ4n) is 7.35. The van der Waals surface area contributed by atoms with Gasteiger partial charge in [0.1, 0.15) is 0 Å². The van der Waals surface area contributed by atoms with Gasteiger partial charge in [-0.1, -0.05) is 91.0 Å². The number of carbonyl (C=O) groups is 1. The van der Waals surface area contributed by atoms with E-state index in [1.165, 1.54) is 91.0 Å². The van der Waals surface area contributed by atoms with Crippen LogP contribution in [0.2, 0.25) is 0 Å². The van der Waals surface area contributed by atoms with E-state index in [4.69, 9.17) is 18.9 Å². The number of ether oxygens (including phenoxy) is 4. The van der Waals surface area contributed by atoms with Crippen LogP contribution in [0.25, 0.3) is 11.1 Å². The summed E-state index contributed by atoms with van der Waals surface area (Å²) in [5.74, 6) is -79.7. The Balaban J connectivity index is 1.62. The molecule has 386 valence electrons. The van der Waals surface area contributed by atoms with Crippen LogP contribution in [0, 0.1) is 116 Å². The third-order valence-electron chi connectivity index (χ3n) is 10.8. The molecule has 75 heavy (non-hydrogen) atoms. The van der Waals surface area contributed by atoms with Crippen molar-refractivity contribution in [2.24, 2.45) is 0 Å². The third kappa shape index (κ3) is 8.59. The van der Waals surface area contributed by atoms with Gasteiger partial charge < -0.3 is 18.9 Å². The van der Waals surface area contributed by atoms with Crippen molar-refractivity contribution in [2.75, 3.05) is 0 Å². The molecule has 0 aliphatic heterocycles. The summed E-state index contributed by atoms with van der Waals surface area (Å²) >= 11 is 0. The second-order valence-corrected chi connectivity index (χ2v) is 15.1.